The van der Waals surface area contributed by atoms with E-state index in [1.807, 2.05) is 6.92 Å². The molecule has 1 heterocycles. The average Bonchev–Trinajstić information content (AvgIpc) is 2.21. The van der Waals surface area contributed by atoms with Gasteiger partial charge >= 0.3 is 0 Å². The quantitative estimate of drug-likeness (QED) is 0.769. The van der Waals surface area contributed by atoms with Crippen molar-refractivity contribution in [3.63, 3.8) is 0 Å². The Kier molecular flexibility index (Phi) is 4.30. The molecule has 1 aromatic heterocycles. The second-order valence-corrected chi connectivity index (χ2v) is 3.63. The van der Waals surface area contributed by atoms with Crippen LogP contribution in [0, 0.1) is 5.92 Å². The van der Waals surface area contributed by atoms with Gasteiger partial charge in [0.1, 0.15) is 0 Å². The maximum atomic E-state index is 11.5. The zero-order valence-corrected chi connectivity index (χ0v) is 9.36. The average molecular weight is 211 g/mol. The van der Waals surface area contributed by atoms with Gasteiger partial charge in [-0.1, -0.05) is 6.92 Å². The van der Waals surface area contributed by atoms with Gasteiger partial charge in [-0.2, -0.15) is 0 Å². The summed E-state index contributed by atoms with van der Waals surface area (Å²) in [5, 5.41) is 3.01. The number of nitrogens with zero attached hydrogens (tertiary/aromatic N) is 2. The van der Waals surface area contributed by atoms with Crippen molar-refractivity contribution >= 4 is 5.82 Å². The summed E-state index contributed by atoms with van der Waals surface area (Å²) in [6.45, 7) is 3.39. The first-order valence-electron chi connectivity index (χ1n) is 4.89. The van der Waals surface area contributed by atoms with Gasteiger partial charge in [-0.25, -0.2) is 4.98 Å². The molecule has 1 unspecified atom stereocenters. The third-order valence-electron chi connectivity index (χ3n) is 2.09. The topological polar surface area (TPSA) is 56.1 Å². The standard InChI is InChI=1S/C10H17N3O2/c1-8(7-15-3)6-12-9-10(14)13(2)5-4-11-9/h4-5,8H,6-7H2,1-3H3,(H,11,12). The molecule has 1 N–H and O–H groups in total. The second-order valence-electron chi connectivity index (χ2n) is 3.63. The number of ether oxygens (including phenoxy) is 1. The van der Waals surface area contributed by atoms with E-state index in [0.717, 1.165) is 0 Å². The molecule has 5 nitrogen and oxygen atoms in total. The number of methoxy groups -OCH3 is 1. The van der Waals surface area contributed by atoms with Crippen LogP contribution in [0.15, 0.2) is 17.2 Å². The van der Waals surface area contributed by atoms with Crippen LogP contribution in [0.4, 0.5) is 5.82 Å². The van der Waals surface area contributed by atoms with Crippen molar-refractivity contribution in [3.05, 3.63) is 22.7 Å². The molecular weight excluding hydrogens is 194 g/mol. The molecule has 15 heavy (non-hydrogen) atoms. The normalized spacial score (nSPS) is 12.5. The second kappa shape index (κ2) is 5.50. The fraction of sp³-hybridized carbons (Fsp3) is 0.600. The minimum absolute atomic E-state index is 0.109. The molecule has 0 spiro atoms. The summed E-state index contributed by atoms with van der Waals surface area (Å²) in [5.74, 6) is 0.740. The summed E-state index contributed by atoms with van der Waals surface area (Å²) >= 11 is 0. The summed E-state index contributed by atoms with van der Waals surface area (Å²) in [5.41, 5.74) is -0.109. The number of rotatable bonds is 5. The Balaban J connectivity index is 2.58. The van der Waals surface area contributed by atoms with E-state index in [1.165, 1.54) is 4.57 Å². The van der Waals surface area contributed by atoms with Gasteiger partial charge in [0, 0.05) is 33.1 Å². The van der Waals surface area contributed by atoms with Crippen molar-refractivity contribution in [1.29, 1.82) is 0 Å². The van der Waals surface area contributed by atoms with Gasteiger partial charge in [0.2, 0.25) is 0 Å². The molecule has 84 valence electrons. The van der Waals surface area contributed by atoms with Crippen LogP contribution in [0.3, 0.4) is 0 Å². The largest absolute Gasteiger partial charge is 0.384 e. The third-order valence-corrected chi connectivity index (χ3v) is 2.09. The van der Waals surface area contributed by atoms with Gasteiger partial charge in [-0.15, -0.1) is 0 Å². The molecule has 0 radical (unpaired) electrons. The first-order chi connectivity index (χ1) is 7.15. The molecule has 0 aliphatic heterocycles. The van der Waals surface area contributed by atoms with Gasteiger partial charge in [-0.3, -0.25) is 4.79 Å². The smallest absolute Gasteiger partial charge is 0.293 e. The number of aryl methyl sites for hydroxylation is 1. The zero-order chi connectivity index (χ0) is 11.3. The summed E-state index contributed by atoms with van der Waals surface area (Å²) in [6.07, 6.45) is 3.23. The predicted molar refractivity (Wildman–Crippen MR) is 59.0 cm³/mol. The summed E-state index contributed by atoms with van der Waals surface area (Å²) in [7, 11) is 3.37. The number of nitrogens with one attached hydrogen (secondary N) is 1. The molecule has 5 heteroatoms. The summed E-state index contributed by atoms with van der Waals surface area (Å²) in [4.78, 5) is 15.5. The molecule has 0 saturated carbocycles. The SMILES string of the molecule is COCC(C)CNc1nccn(C)c1=O. The number of aromatic nitrogens is 2. The minimum atomic E-state index is -0.109. The maximum absolute atomic E-state index is 11.5. The van der Waals surface area contributed by atoms with Gasteiger partial charge in [-0.05, 0) is 5.92 Å². The zero-order valence-electron chi connectivity index (χ0n) is 9.36. The van der Waals surface area contributed by atoms with Crippen LogP contribution in [0.2, 0.25) is 0 Å². The Bertz CT molecular complexity index is 362. The molecule has 0 aliphatic rings. The van der Waals surface area contributed by atoms with E-state index in [2.05, 4.69) is 10.3 Å². The molecule has 0 aromatic carbocycles. The van der Waals surface area contributed by atoms with E-state index < -0.39 is 0 Å². The lowest BCUT2D eigenvalue weighted by Crippen LogP contribution is -2.25. The van der Waals surface area contributed by atoms with Crippen molar-refractivity contribution in [1.82, 2.24) is 9.55 Å². The Morgan fingerprint density at radius 1 is 1.67 bits per heavy atom. The number of hydrogen-bond donors (Lipinski definition) is 1. The van der Waals surface area contributed by atoms with Crippen LogP contribution in [0.25, 0.3) is 0 Å². The highest BCUT2D eigenvalue weighted by Gasteiger charge is 2.04. The maximum Gasteiger partial charge on any atom is 0.293 e. The third kappa shape index (κ3) is 3.36. The Morgan fingerprint density at radius 3 is 3.07 bits per heavy atom. The first-order valence-corrected chi connectivity index (χ1v) is 4.89. The highest BCUT2D eigenvalue weighted by Crippen LogP contribution is 1.98. The molecular formula is C10H17N3O2. The predicted octanol–water partition coefficient (Wildman–Crippen LogP) is 0.475. The lowest BCUT2D eigenvalue weighted by Gasteiger charge is -2.11. The van der Waals surface area contributed by atoms with Crippen LogP contribution in [-0.4, -0.2) is 29.8 Å². The lowest BCUT2D eigenvalue weighted by atomic mass is 10.2. The van der Waals surface area contributed by atoms with E-state index in [9.17, 15) is 4.79 Å². The Morgan fingerprint density at radius 2 is 2.40 bits per heavy atom. The molecule has 1 aromatic rings. The minimum Gasteiger partial charge on any atom is -0.384 e. The lowest BCUT2D eigenvalue weighted by molar-refractivity contribution is 0.164. The number of anilines is 1. The molecule has 0 saturated heterocycles. The summed E-state index contributed by atoms with van der Waals surface area (Å²) < 4.78 is 6.50. The molecule has 0 bridgehead atoms. The fourth-order valence-corrected chi connectivity index (χ4v) is 1.23. The van der Waals surface area contributed by atoms with Crippen LogP contribution in [0.1, 0.15) is 6.92 Å². The highest BCUT2D eigenvalue weighted by molar-refractivity contribution is 5.30. The molecule has 0 amide bonds. The fourth-order valence-electron chi connectivity index (χ4n) is 1.23. The van der Waals surface area contributed by atoms with Crippen LogP contribution < -0.4 is 10.9 Å². The molecule has 0 aliphatic carbocycles. The van der Waals surface area contributed by atoms with E-state index in [4.69, 9.17) is 4.74 Å². The Labute approximate surface area is 89.1 Å². The van der Waals surface area contributed by atoms with Crippen molar-refractivity contribution in [3.8, 4) is 0 Å². The van der Waals surface area contributed by atoms with Crippen molar-refractivity contribution in [2.45, 2.75) is 6.92 Å². The first kappa shape index (κ1) is 11.7. The molecule has 1 atom stereocenters. The highest BCUT2D eigenvalue weighted by atomic mass is 16.5. The van der Waals surface area contributed by atoms with Crippen LogP contribution >= 0.6 is 0 Å². The van der Waals surface area contributed by atoms with Gasteiger partial charge in [0.15, 0.2) is 5.82 Å². The van der Waals surface area contributed by atoms with Gasteiger partial charge in [0.25, 0.3) is 5.56 Å². The van der Waals surface area contributed by atoms with Crippen molar-refractivity contribution in [2.75, 3.05) is 25.6 Å². The Hall–Kier alpha value is -1.36. The molecule has 1 rings (SSSR count). The van der Waals surface area contributed by atoms with E-state index in [1.54, 1.807) is 26.6 Å². The van der Waals surface area contributed by atoms with Gasteiger partial charge < -0.3 is 14.6 Å². The molecule has 0 fully saturated rings. The van der Waals surface area contributed by atoms with E-state index >= 15 is 0 Å². The number of hydrogen-bond acceptors (Lipinski definition) is 4. The van der Waals surface area contributed by atoms with Crippen molar-refractivity contribution < 1.29 is 4.74 Å². The summed E-state index contributed by atoms with van der Waals surface area (Å²) in [6, 6.07) is 0. The van der Waals surface area contributed by atoms with E-state index in [-0.39, 0.29) is 5.56 Å². The van der Waals surface area contributed by atoms with Crippen LogP contribution in [0.5, 0.6) is 0 Å². The van der Waals surface area contributed by atoms with Gasteiger partial charge in [0.05, 0.1) is 6.61 Å². The monoisotopic (exact) mass is 211 g/mol. The van der Waals surface area contributed by atoms with E-state index in [0.29, 0.717) is 24.9 Å². The van der Waals surface area contributed by atoms with Crippen molar-refractivity contribution in [2.24, 2.45) is 13.0 Å². The van der Waals surface area contributed by atoms with Crippen LogP contribution in [-0.2, 0) is 11.8 Å².